The van der Waals surface area contributed by atoms with Crippen LogP contribution in [0.25, 0.3) is 6.08 Å². The maximum Gasteiger partial charge on any atom is 0.226 e. The quantitative estimate of drug-likeness (QED) is 0.846. The summed E-state index contributed by atoms with van der Waals surface area (Å²) in [4.78, 5) is 14.2. The van der Waals surface area contributed by atoms with Crippen molar-refractivity contribution >= 4 is 12.0 Å². The van der Waals surface area contributed by atoms with Crippen LogP contribution in [0.2, 0.25) is 0 Å². The van der Waals surface area contributed by atoms with E-state index in [1.807, 2.05) is 41.2 Å². The third-order valence-corrected chi connectivity index (χ3v) is 4.39. The molecule has 1 saturated heterocycles. The number of hydrogen-bond acceptors (Lipinski definition) is 2. The smallest absolute Gasteiger partial charge is 0.226 e. The minimum absolute atomic E-state index is 0.155. The molecule has 1 aliphatic heterocycles. The molecule has 1 atom stereocenters. The van der Waals surface area contributed by atoms with Crippen LogP contribution in [0.15, 0.2) is 42.7 Å². The van der Waals surface area contributed by atoms with Gasteiger partial charge in [-0.15, -0.1) is 0 Å². The van der Waals surface area contributed by atoms with E-state index in [9.17, 15) is 9.18 Å². The van der Waals surface area contributed by atoms with Crippen molar-refractivity contribution in [3.8, 4) is 0 Å². The van der Waals surface area contributed by atoms with Gasteiger partial charge in [0.1, 0.15) is 5.82 Å². The van der Waals surface area contributed by atoms with Crippen LogP contribution in [-0.2, 0) is 18.3 Å². The van der Waals surface area contributed by atoms with Crippen LogP contribution in [0.1, 0.15) is 24.0 Å². The number of carbonyl (C=O) groups is 1. The fourth-order valence-corrected chi connectivity index (χ4v) is 3.14. The molecule has 0 N–H and O–H groups in total. The van der Waals surface area contributed by atoms with Gasteiger partial charge in [0.15, 0.2) is 0 Å². The Labute approximate surface area is 141 Å². The highest BCUT2D eigenvalue weighted by atomic mass is 19.1. The molecule has 1 aromatic carbocycles. The molecular weight excluding hydrogens is 305 g/mol. The Balaban J connectivity index is 1.46. The molecular formula is C19H22FN3O. The molecule has 126 valence electrons. The third-order valence-electron chi connectivity index (χ3n) is 4.39. The lowest BCUT2D eigenvalue weighted by Crippen LogP contribution is -2.28. The molecule has 3 rings (SSSR count). The van der Waals surface area contributed by atoms with E-state index in [-0.39, 0.29) is 11.7 Å². The number of carbonyl (C=O) groups excluding carboxylic acids is 1. The maximum absolute atomic E-state index is 12.8. The number of likely N-dealkylation sites (tertiary alicyclic amines) is 1. The lowest BCUT2D eigenvalue weighted by molar-refractivity contribution is -0.129. The standard InChI is InChI=1S/C19H22FN3O/c1-22-13-17(12-21-22)11-16-9-10-23(14-16)19(24)4-2-3-15-5-7-18(20)8-6-15/h2-3,5-8,12-13,16H,4,9-11,14H2,1H3/b3-2+. The van der Waals surface area contributed by atoms with Gasteiger partial charge in [-0.05, 0) is 42.0 Å². The van der Waals surface area contributed by atoms with Gasteiger partial charge < -0.3 is 4.90 Å². The zero-order valence-corrected chi connectivity index (χ0v) is 13.9. The molecule has 0 aliphatic carbocycles. The van der Waals surface area contributed by atoms with Crippen molar-refractivity contribution in [2.75, 3.05) is 13.1 Å². The maximum atomic E-state index is 12.8. The van der Waals surface area contributed by atoms with Gasteiger partial charge >= 0.3 is 0 Å². The molecule has 2 aromatic rings. The molecule has 4 nitrogen and oxygen atoms in total. The fourth-order valence-electron chi connectivity index (χ4n) is 3.14. The Morgan fingerprint density at radius 2 is 2.17 bits per heavy atom. The normalized spacial score (nSPS) is 17.8. The van der Waals surface area contributed by atoms with Crippen LogP contribution in [0.4, 0.5) is 4.39 Å². The number of hydrogen-bond donors (Lipinski definition) is 0. The minimum atomic E-state index is -0.250. The number of halogens is 1. The van der Waals surface area contributed by atoms with E-state index in [0.717, 1.165) is 31.5 Å². The Bertz CT molecular complexity index is 720. The molecule has 0 bridgehead atoms. The van der Waals surface area contributed by atoms with E-state index in [1.165, 1.54) is 17.7 Å². The zero-order valence-electron chi connectivity index (χ0n) is 13.9. The van der Waals surface area contributed by atoms with E-state index < -0.39 is 0 Å². The van der Waals surface area contributed by atoms with E-state index >= 15 is 0 Å². The first kappa shape index (κ1) is 16.4. The van der Waals surface area contributed by atoms with Gasteiger partial charge in [-0.2, -0.15) is 5.10 Å². The summed E-state index contributed by atoms with van der Waals surface area (Å²) in [6, 6.07) is 6.25. The molecule has 0 spiro atoms. The summed E-state index contributed by atoms with van der Waals surface area (Å²) in [5.74, 6) is 0.418. The largest absolute Gasteiger partial charge is 0.342 e. The zero-order chi connectivity index (χ0) is 16.9. The van der Waals surface area contributed by atoms with Crippen molar-refractivity contribution in [3.05, 3.63) is 59.7 Å². The minimum Gasteiger partial charge on any atom is -0.342 e. The van der Waals surface area contributed by atoms with Crippen molar-refractivity contribution in [2.24, 2.45) is 13.0 Å². The summed E-state index contributed by atoms with van der Waals surface area (Å²) in [7, 11) is 1.92. The average molecular weight is 327 g/mol. The summed E-state index contributed by atoms with van der Waals surface area (Å²) < 4.78 is 14.7. The van der Waals surface area contributed by atoms with E-state index in [0.29, 0.717) is 12.3 Å². The molecule has 1 fully saturated rings. The molecule has 1 amide bonds. The second-order valence-electron chi connectivity index (χ2n) is 6.38. The molecule has 2 heterocycles. The van der Waals surface area contributed by atoms with Gasteiger partial charge in [-0.3, -0.25) is 9.48 Å². The Morgan fingerprint density at radius 1 is 1.38 bits per heavy atom. The predicted molar refractivity (Wildman–Crippen MR) is 91.7 cm³/mol. The second-order valence-corrected chi connectivity index (χ2v) is 6.38. The third kappa shape index (κ3) is 4.31. The van der Waals surface area contributed by atoms with Gasteiger partial charge in [0.25, 0.3) is 0 Å². The lowest BCUT2D eigenvalue weighted by Gasteiger charge is -2.15. The monoisotopic (exact) mass is 327 g/mol. The Hall–Kier alpha value is -2.43. The highest BCUT2D eigenvalue weighted by molar-refractivity contribution is 5.79. The predicted octanol–water partition coefficient (Wildman–Crippen LogP) is 3.05. The number of aryl methyl sites for hydroxylation is 1. The number of nitrogens with zero attached hydrogens (tertiary/aromatic N) is 3. The summed E-state index contributed by atoms with van der Waals surface area (Å²) in [5, 5.41) is 4.19. The number of amides is 1. The van der Waals surface area contributed by atoms with Gasteiger partial charge in [0, 0.05) is 32.8 Å². The van der Waals surface area contributed by atoms with Crippen molar-refractivity contribution in [1.29, 1.82) is 0 Å². The van der Waals surface area contributed by atoms with Crippen LogP contribution in [0, 0.1) is 11.7 Å². The van der Waals surface area contributed by atoms with Crippen LogP contribution in [0.5, 0.6) is 0 Å². The second kappa shape index (κ2) is 7.43. The number of aromatic nitrogens is 2. The van der Waals surface area contributed by atoms with Crippen LogP contribution >= 0.6 is 0 Å². The van der Waals surface area contributed by atoms with Crippen LogP contribution < -0.4 is 0 Å². The lowest BCUT2D eigenvalue weighted by atomic mass is 10.0. The molecule has 1 unspecified atom stereocenters. The van der Waals surface area contributed by atoms with E-state index in [4.69, 9.17) is 0 Å². The van der Waals surface area contributed by atoms with E-state index in [1.54, 1.807) is 12.1 Å². The Kier molecular flexibility index (Phi) is 5.08. The first-order valence-corrected chi connectivity index (χ1v) is 8.27. The van der Waals surface area contributed by atoms with Crippen LogP contribution in [0.3, 0.4) is 0 Å². The van der Waals surface area contributed by atoms with Gasteiger partial charge in [0.2, 0.25) is 5.91 Å². The molecule has 1 aliphatic rings. The van der Waals surface area contributed by atoms with Gasteiger partial charge in [-0.1, -0.05) is 24.3 Å². The molecule has 1 aromatic heterocycles. The topological polar surface area (TPSA) is 38.1 Å². The van der Waals surface area contributed by atoms with Crippen molar-refractivity contribution in [3.63, 3.8) is 0 Å². The summed E-state index contributed by atoms with van der Waals surface area (Å²) in [5.41, 5.74) is 2.13. The first-order valence-electron chi connectivity index (χ1n) is 8.27. The van der Waals surface area contributed by atoms with Crippen LogP contribution in [-0.4, -0.2) is 33.7 Å². The summed E-state index contributed by atoms with van der Waals surface area (Å²) in [6.45, 7) is 1.65. The Morgan fingerprint density at radius 3 is 2.88 bits per heavy atom. The number of benzene rings is 1. The molecule has 0 saturated carbocycles. The number of rotatable bonds is 5. The summed E-state index contributed by atoms with van der Waals surface area (Å²) in [6.07, 6.45) is 10.1. The molecule has 24 heavy (non-hydrogen) atoms. The fraction of sp³-hybridized carbons (Fsp3) is 0.368. The molecule has 0 radical (unpaired) electrons. The average Bonchev–Trinajstić information content (AvgIpc) is 3.19. The van der Waals surface area contributed by atoms with Gasteiger partial charge in [0.05, 0.1) is 6.20 Å². The SMILES string of the molecule is Cn1cc(CC2CCN(C(=O)C/C=C/c3ccc(F)cc3)C2)cn1. The summed E-state index contributed by atoms with van der Waals surface area (Å²) >= 11 is 0. The van der Waals surface area contributed by atoms with Gasteiger partial charge in [-0.25, -0.2) is 4.39 Å². The highest BCUT2D eigenvalue weighted by Gasteiger charge is 2.25. The van der Waals surface area contributed by atoms with Crippen molar-refractivity contribution in [1.82, 2.24) is 14.7 Å². The van der Waals surface area contributed by atoms with Crippen molar-refractivity contribution in [2.45, 2.75) is 19.3 Å². The highest BCUT2D eigenvalue weighted by Crippen LogP contribution is 2.21. The van der Waals surface area contributed by atoms with Crippen molar-refractivity contribution < 1.29 is 9.18 Å². The van der Waals surface area contributed by atoms with E-state index in [2.05, 4.69) is 5.10 Å². The molecule has 5 heteroatoms. The first-order chi connectivity index (χ1) is 11.6.